The molecule has 23 heavy (non-hydrogen) atoms. The summed E-state index contributed by atoms with van der Waals surface area (Å²) in [5.41, 5.74) is 3.04. The molecule has 0 aliphatic heterocycles. The summed E-state index contributed by atoms with van der Waals surface area (Å²) in [7, 11) is 3.12. The first-order valence-corrected chi connectivity index (χ1v) is 7.13. The fourth-order valence-electron chi connectivity index (χ4n) is 1.87. The van der Waals surface area contributed by atoms with Gasteiger partial charge in [0, 0.05) is 18.4 Å². The summed E-state index contributed by atoms with van der Waals surface area (Å²) in [6.07, 6.45) is 0.534. The van der Waals surface area contributed by atoms with Crippen molar-refractivity contribution in [1.82, 2.24) is 15.6 Å². The molecule has 1 amide bonds. The average Bonchev–Trinajstić information content (AvgIpc) is 3.06. The predicted molar refractivity (Wildman–Crippen MR) is 80.9 cm³/mol. The summed E-state index contributed by atoms with van der Waals surface area (Å²) in [5.74, 6) is 1.75. The number of aryl methyl sites for hydroxylation is 1. The topological polar surface area (TPSA) is 95.7 Å². The molecule has 0 spiro atoms. The zero-order valence-electron chi connectivity index (χ0n) is 13.3. The summed E-state index contributed by atoms with van der Waals surface area (Å²) in [4.78, 5) is 20.5. The third kappa shape index (κ3) is 4.43. The van der Waals surface area contributed by atoms with Crippen LogP contribution in [-0.4, -0.2) is 36.9 Å². The van der Waals surface area contributed by atoms with Crippen LogP contribution in [0.15, 0.2) is 22.7 Å². The second-order valence-electron chi connectivity index (χ2n) is 4.54. The number of aromatic nitrogens is 2. The van der Waals surface area contributed by atoms with Gasteiger partial charge in [0.05, 0.1) is 20.8 Å². The Morgan fingerprint density at radius 1 is 1.26 bits per heavy atom. The van der Waals surface area contributed by atoms with Crippen molar-refractivity contribution in [2.45, 2.75) is 19.8 Å². The monoisotopic (exact) mass is 321 g/mol. The van der Waals surface area contributed by atoms with Crippen molar-refractivity contribution in [3.8, 4) is 22.9 Å². The molecule has 1 heterocycles. The first-order chi connectivity index (χ1) is 11.2. The molecule has 2 rings (SSSR count). The van der Waals surface area contributed by atoms with Crippen molar-refractivity contribution < 1.29 is 23.6 Å². The first-order valence-electron chi connectivity index (χ1n) is 7.13. The van der Waals surface area contributed by atoms with Gasteiger partial charge < -0.3 is 14.0 Å². The molecule has 2 aromatic rings. The van der Waals surface area contributed by atoms with Crippen LogP contribution in [0, 0.1) is 0 Å². The highest BCUT2D eigenvalue weighted by Crippen LogP contribution is 2.31. The molecule has 0 unspecified atom stereocenters. The van der Waals surface area contributed by atoms with Crippen molar-refractivity contribution in [3.05, 3.63) is 24.1 Å². The lowest BCUT2D eigenvalue weighted by Gasteiger charge is -2.07. The van der Waals surface area contributed by atoms with Crippen LogP contribution in [0.4, 0.5) is 0 Å². The molecule has 8 heteroatoms. The Kier molecular flexibility index (Phi) is 5.93. The molecule has 0 saturated carbocycles. The number of hydroxylamine groups is 1. The number of rotatable bonds is 8. The van der Waals surface area contributed by atoms with E-state index in [4.69, 9.17) is 18.8 Å². The maximum atomic E-state index is 11.4. The Bertz CT molecular complexity index is 656. The molecule has 0 radical (unpaired) electrons. The number of hydrogen-bond acceptors (Lipinski definition) is 7. The van der Waals surface area contributed by atoms with Gasteiger partial charge in [-0.25, -0.2) is 5.48 Å². The van der Waals surface area contributed by atoms with Crippen LogP contribution in [0.25, 0.3) is 11.4 Å². The number of carbonyl (C=O) groups excluding carboxylic acids is 1. The van der Waals surface area contributed by atoms with E-state index < -0.39 is 0 Å². The molecule has 1 aromatic carbocycles. The molecular formula is C15H19N3O5. The molecule has 0 bridgehead atoms. The standard InChI is InChI=1S/C15H19N3O5/c1-4-22-17-13(19)7-8-14-16-15(18-23-14)10-5-6-11(20-2)12(9-10)21-3/h5-6,9H,4,7-8H2,1-3H3,(H,17,19). The largest absolute Gasteiger partial charge is 0.493 e. The lowest BCUT2D eigenvalue weighted by atomic mass is 10.2. The summed E-state index contributed by atoms with van der Waals surface area (Å²) < 4.78 is 15.6. The normalized spacial score (nSPS) is 10.4. The number of ether oxygens (including phenoxy) is 2. The third-order valence-corrected chi connectivity index (χ3v) is 3.01. The van der Waals surface area contributed by atoms with E-state index in [1.807, 2.05) is 0 Å². The van der Waals surface area contributed by atoms with Gasteiger partial charge in [0.15, 0.2) is 11.5 Å². The molecule has 0 fully saturated rings. The lowest BCUT2D eigenvalue weighted by Crippen LogP contribution is -2.23. The van der Waals surface area contributed by atoms with Crippen molar-refractivity contribution >= 4 is 5.91 Å². The molecule has 8 nitrogen and oxygen atoms in total. The van der Waals surface area contributed by atoms with Crippen LogP contribution in [0.1, 0.15) is 19.2 Å². The summed E-state index contributed by atoms with van der Waals surface area (Å²) in [6, 6.07) is 5.33. The smallest absolute Gasteiger partial charge is 0.244 e. The van der Waals surface area contributed by atoms with Gasteiger partial charge in [-0.15, -0.1) is 0 Å². The third-order valence-electron chi connectivity index (χ3n) is 3.01. The van der Waals surface area contributed by atoms with E-state index in [1.54, 1.807) is 39.3 Å². The number of benzene rings is 1. The fourth-order valence-corrected chi connectivity index (χ4v) is 1.87. The Morgan fingerprint density at radius 3 is 2.74 bits per heavy atom. The summed E-state index contributed by atoms with van der Waals surface area (Å²) >= 11 is 0. The van der Waals surface area contributed by atoms with Gasteiger partial charge in [-0.2, -0.15) is 4.98 Å². The minimum absolute atomic E-state index is 0.202. The average molecular weight is 321 g/mol. The van der Waals surface area contributed by atoms with E-state index in [0.717, 1.165) is 5.56 Å². The number of nitrogens with one attached hydrogen (secondary N) is 1. The lowest BCUT2D eigenvalue weighted by molar-refractivity contribution is -0.133. The van der Waals surface area contributed by atoms with Gasteiger partial charge in [-0.3, -0.25) is 9.63 Å². The molecule has 124 valence electrons. The van der Waals surface area contributed by atoms with Crippen LogP contribution >= 0.6 is 0 Å². The van der Waals surface area contributed by atoms with Crippen LogP contribution in [0.3, 0.4) is 0 Å². The maximum absolute atomic E-state index is 11.4. The molecular weight excluding hydrogens is 302 g/mol. The van der Waals surface area contributed by atoms with Gasteiger partial charge in [-0.05, 0) is 25.1 Å². The van der Waals surface area contributed by atoms with E-state index >= 15 is 0 Å². The number of carbonyl (C=O) groups is 1. The number of nitrogens with zero attached hydrogens (tertiary/aromatic N) is 2. The highest BCUT2D eigenvalue weighted by atomic mass is 16.6. The van der Waals surface area contributed by atoms with Gasteiger partial charge in [-0.1, -0.05) is 5.16 Å². The van der Waals surface area contributed by atoms with Gasteiger partial charge in [0.25, 0.3) is 0 Å². The second kappa shape index (κ2) is 8.14. The van der Waals surface area contributed by atoms with Gasteiger partial charge in [0.1, 0.15) is 0 Å². The van der Waals surface area contributed by atoms with Gasteiger partial charge in [0.2, 0.25) is 17.6 Å². The Hall–Kier alpha value is -2.61. The first kappa shape index (κ1) is 16.8. The number of amides is 1. The Morgan fingerprint density at radius 2 is 2.04 bits per heavy atom. The van der Waals surface area contributed by atoms with Crippen molar-refractivity contribution in [2.24, 2.45) is 0 Å². The van der Waals surface area contributed by atoms with E-state index in [-0.39, 0.29) is 12.3 Å². The van der Waals surface area contributed by atoms with E-state index in [1.165, 1.54) is 0 Å². The predicted octanol–water partition coefficient (Wildman–Crippen LogP) is 1.75. The maximum Gasteiger partial charge on any atom is 0.244 e. The molecule has 0 atom stereocenters. The second-order valence-corrected chi connectivity index (χ2v) is 4.54. The molecule has 1 aromatic heterocycles. The quantitative estimate of drug-likeness (QED) is 0.740. The van der Waals surface area contributed by atoms with E-state index in [2.05, 4.69) is 15.6 Å². The Labute approximate surface area is 133 Å². The van der Waals surface area contributed by atoms with Crippen LogP contribution in [0.2, 0.25) is 0 Å². The van der Waals surface area contributed by atoms with E-state index in [9.17, 15) is 4.79 Å². The van der Waals surface area contributed by atoms with Crippen LogP contribution in [0.5, 0.6) is 11.5 Å². The van der Waals surface area contributed by atoms with Crippen molar-refractivity contribution in [3.63, 3.8) is 0 Å². The highest BCUT2D eigenvalue weighted by Gasteiger charge is 2.13. The Balaban J connectivity index is 2.03. The number of methoxy groups -OCH3 is 2. The molecule has 0 aliphatic rings. The molecule has 1 N–H and O–H groups in total. The van der Waals surface area contributed by atoms with Crippen LogP contribution in [-0.2, 0) is 16.1 Å². The fraction of sp³-hybridized carbons (Fsp3) is 0.400. The van der Waals surface area contributed by atoms with Crippen molar-refractivity contribution in [1.29, 1.82) is 0 Å². The SMILES string of the molecule is CCONC(=O)CCc1nc(-c2ccc(OC)c(OC)c2)no1. The zero-order chi connectivity index (χ0) is 16.7. The zero-order valence-corrected chi connectivity index (χ0v) is 13.3. The van der Waals surface area contributed by atoms with Crippen LogP contribution < -0.4 is 15.0 Å². The molecule has 0 saturated heterocycles. The van der Waals surface area contributed by atoms with Gasteiger partial charge >= 0.3 is 0 Å². The highest BCUT2D eigenvalue weighted by molar-refractivity contribution is 5.74. The van der Waals surface area contributed by atoms with Crippen molar-refractivity contribution in [2.75, 3.05) is 20.8 Å². The minimum atomic E-state index is -0.238. The minimum Gasteiger partial charge on any atom is -0.493 e. The summed E-state index contributed by atoms with van der Waals surface area (Å²) in [6.45, 7) is 2.20. The number of hydrogen-bond donors (Lipinski definition) is 1. The molecule has 0 aliphatic carbocycles. The van der Waals surface area contributed by atoms with E-state index in [0.29, 0.717) is 36.2 Å². The summed E-state index contributed by atoms with van der Waals surface area (Å²) in [5, 5.41) is 3.91.